The summed E-state index contributed by atoms with van der Waals surface area (Å²) < 4.78 is 0. The standard InChI is InChI=1S/C10H13ClN2O/c1-7(2)6-13-10(14)9-5-8(11)3-4-12-9/h3-5,7H,6H2,1-2H3,(H,13,14). The van der Waals surface area contributed by atoms with Crippen LogP contribution in [0.2, 0.25) is 5.02 Å². The fraction of sp³-hybridized carbons (Fsp3) is 0.400. The lowest BCUT2D eigenvalue weighted by Crippen LogP contribution is -2.27. The Morgan fingerprint density at radius 1 is 1.64 bits per heavy atom. The van der Waals surface area contributed by atoms with Crippen molar-refractivity contribution in [1.29, 1.82) is 0 Å². The van der Waals surface area contributed by atoms with Crippen LogP contribution in [0.15, 0.2) is 18.3 Å². The topological polar surface area (TPSA) is 42.0 Å². The molecule has 0 spiro atoms. The van der Waals surface area contributed by atoms with Crippen LogP contribution in [0.25, 0.3) is 0 Å². The Kier molecular flexibility index (Phi) is 3.89. The van der Waals surface area contributed by atoms with Gasteiger partial charge in [-0.15, -0.1) is 0 Å². The molecule has 1 rings (SSSR count). The normalized spacial score (nSPS) is 10.3. The Morgan fingerprint density at radius 2 is 2.36 bits per heavy atom. The van der Waals surface area contributed by atoms with Gasteiger partial charge in [-0.25, -0.2) is 0 Å². The number of rotatable bonds is 3. The molecule has 0 saturated heterocycles. The lowest BCUT2D eigenvalue weighted by atomic mass is 10.2. The van der Waals surface area contributed by atoms with E-state index in [-0.39, 0.29) is 5.91 Å². The molecule has 0 saturated carbocycles. The molecular formula is C10H13ClN2O. The average molecular weight is 213 g/mol. The fourth-order valence-corrected chi connectivity index (χ4v) is 1.08. The van der Waals surface area contributed by atoms with Crippen LogP contribution >= 0.6 is 11.6 Å². The van der Waals surface area contributed by atoms with Crippen molar-refractivity contribution >= 4 is 17.5 Å². The highest BCUT2D eigenvalue weighted by Crippen LogP contribution is 2.07. The molecule has 0 aliphatic rings. The summed E-state index contributed by atoms with van der Waals surface area (Å²) in [5.41, 5.74) is 0.359. The van der Waals surface area contributed by atoms with Gasteiger partial charge in [-0.05, 0) is 18.1 Å². The lowest BCUT2D eigenvalue weighted by molar-refractivity contribution is 0.0944. The summed E-state index contributed by atoms with van der Waals surface area (Å²) >= 11 is 5.73. The lowest BCUT2D eigenvalue weighted by Gasteiger charge is -2.06. The highest BCUT2D eigenvalue weighted by atomic mass is 35.5. The van der Waals surface area contributed by atoms with E-state index in [0.717, 1.165) is 0 Å². The molecule has 0 unspecified atom stereocenters. The molecular weight excluding hydrogens is 200 g/mol. The SMILES string of the molecule is CC(C)CNC(=O)c1cc(Cl)ccn1. The zero-order valence-corrected chi connectivity index (χ0v) is 9.01. The van der Waals surface area contributed by atoms with Crippen molar-refractivity contribution in [3.8, 4) is 0 Å². The molecule has 0 atom stereocenters. The molecule has 1 aromatic heterocycles. The van der Waals surface area contributed by atoms with E-state index in [1.54, 1.807) is 12.1 Å². The highest BCUT2D eigenvalue weighted by Gasteiger charge is 2.07. The van der Waals surface area contributed by atoms with E-state index in [9.17, 15) is 4.79 Å². The molecule has 0 aliphatic carbocycles. The predicted molar refractivity (Wildman–Crippen MR) is 56.4 cm³/mol. The number of halogens is 1. The summed E-state index contributed by atoms with van der Waals surface area (Å²) in [6, 6.07) is 3.19. The number of amides is 1. The number of aromatic nitrogens is 1. The van der Waals surface area contributed by atoms with Crippen LogP contribution in [0, 0.1) is 5.92 Å². The predicted octanol–water partition coefficient (Wildman–Crippen LogP) is 2.12. The van der Waals surface area contributed by atoms with E-state index in [1.165, 1.54) is 6.20 Å². The Labute approximate surface area is 88.5 Å². The van der Waals surface area contributed by atoms with Crippen LogP contribution in [0.3, 0.4) is 0 Å². The maximum Gasteiger partial charge on any atom is 0.269 e. The molecule has 4 heteroatoms. The summed E-state index contributed by atoms with van der Waals surface area (Å²) in [6.45, 7) is 4.71. The van der Waals surface area contributed by atoms with Gasteiger partial charge in [0.05, 0.1) is 0 Å². The first-order valence-corrected chi connectivity index (χ1v) is 4.87. The van der Waals surface area contributed by atoms with Gasteiger partial charge in [0.25, 0.3) is 5.91 Å². The maximum absolute atomic E-state index is 11.5. The van der Waals surface area contributed by atoms with E-state index in [0.29, 0.717) is 23.2 Å². The maximum atomic E-state index is 11.5. The summed E-state index contributed by atoms with van der Waals surface area (Å²) in [4.78, 5) is 15.4. The second-order valence-electron chi connectivity index (χ2n) is 3.46. The zero-order valence-electron chi connectivity index (χ0n) is 8.25. The molecule has 1 N–H and O–H groups in total. The van der Waals surface area contributed by atoms with Crippen molar-refractivity contribution in [2.75, 3.05) is 6.54 Å². The van der Waals surface area contributed by atoms with Crippen molar-refractivity contribution in [2.24, 2.45) is 5.92 Å². The minimum atomic E-state index is -0.179. The summed E-state index contributed by atoms with van der Waals surface area (Å²) in [7, 11) is 0. The molecule has 14 heavy (non-hydrogen) atoms. The van der Waals surface area contributed by atoms with Gasteiger partial charge in [0.15, 0.2) is 0 Å². The fourth-order valence-electron chi connectivity index (χ4n) is 0.916. The molecule has 0 aromatic carbocycles. The number of carbonyl (C=O) groups excluding carboxylic acids is 1. The number of hydrogen-bond donors (Lipinski definition) is 1. The average Bonchev–Trinajstić information content (AvgIpc) is 2.14. The second kappa shape index (κ2) is 4.96. The Balaban J connectivity index is 2.61. The second-order valence-corrected chi connectivity index (χ2v) is 3.90. The van der Waals surface area contributed by atoms with Crippen molar-refractivity contribution in [3.63, 3.8) is 0 Å². The molecule has 0 fully saturated rings. The van der Waals surface area contributed by atoms with Crippen LogP contribution in [0.4, 0.5) is 0 Å². The first-order valence-electron chi connectivity index (χ1n) is 4.49. The van der Waals surface area contributed by atoms with Crippen LogP contribution in [-0.4, -0.2) is 17.4 Å². The first-order chi connectivity index (χ1) is 6.59. The van der Waals surface area contributed by atoms with Crippen molar-refractivity contribution in [2.45, 2.75) is 13.8 Å². The van der Waals surface area contributed by atoms with E-state index in [4.69, 9.17) is 11.6 Å². The Hall–Kier alpha value is -1.09. The summed E-state index contributed by atoms with van der Waals surface area (Å²) in [5, 5.41) is 3.29. The van der Waals surface area contributed by atoms with Gasteiger partial charge in [0, 0.05) is 17.8 Å². The smallest absolute Gasteiger partial charge is 0.269 e. The van der Waals surface area contributed by atoms with Crippen molar-refractivity contribution in [3.05, 3.63) is 29.0 Å². The van der Waals surface area contributed by atoms with Crippen LogP contribution in [0.5, 0.6) is 0 Å². The highest BCUT2D eigenvalue weighted by molar-refractivity contribution is 6.30. The monoisotopic (exact) mass is 212 g/mol. The van der Waals surface area contributed by atoms with E-state index >= 15 is 0 Å². The van der Waals surface area contributed by atoms with Crippen molar-refractivity contribution < 1.29 is 4.79 Å². The minimum absolute atomic E-state index is 0.179. The molecule has 3 nitrogen and oxygen atoms in total. The van der Waals surface area contributed by atoms with Gasteiger partial charge < -0.3 is 5.32 Å². The number of pyridine rings is 1. The van der Waals surface area contributed by atoms with E-state index in [1.807, 2.05) is 13.8 Å². The van der Waals surface area contributed by atoms with E-state index < -0.39 is 0 Å². The Bertz CT molecular complexity index is 326. The number of hydrogen-bond acceptors (Lipinski definition) is 2. The van der Waals surface area contributed by atoms with Gasteiger partial charge in [-0.3, -0.25) is 9.78 Å². The Morgan fingerprint density at radius 3 is 2.93 bits per heavy atom. The third-order valence-corrected chi connectivity index (χ3v) is 1.86. The quantitative estimate of drug-likeness (QED) is 0.834. The first kappa shape index (κ1) is 11.0. The van der Waals surface area contributed by atoms with Crippen LogP contribution < -0.4 is 5.32 Å². The third kappa shape index (κ3) is 3.34. The van der Waals surface area contributed by atoms with Crippen LogP contribution in [-0.2, 0) is 0 Å². The molecule has 1 amide bonds. The largest absolute Gasteiger partial charge is 0.350 e. The summed E-state index contributed by atoms with van der Waals surface area (Å²) in [5.74, 6) is 0.249. The minimum Gasteiger partial charge on any atom is -0.350 e. The zero-order chi connectivity index (χ0) is 10.6. The molecule has 0 aliphatic heterocycles. The molecule has 0 radical (unpaired) electrons. The van der Waals surface area contributed by atoms with Gasteiger partial charge >= 0.3 is 0 Å². The summed E-state index contributed by atoms with van der Waals surface area (Å²) in [6.07, 6.45) is 1.52. The van der Waals surface area contributed by atoms with Crippen LogP contribution in [0.1, 0.15) is 24.3 Å². The molecule has 1 aromatic rings. The molecule has 0 bridgehead atoms. The van der Waals surface area contributed by atoms with Gasteiger partial charge in [0.1, 0.15) is 5.69 Å². The number of nitrogens with zero attached hydrogens (tertiary/aromatic N) is 1. The molecule has 1 heterocycles. The van der Waals surface area contributed by atoms with Gasteiger partial charge in [-0.2, -0.15) is 0 Å². The van der Waals surface area contributed by atoms with Gasteiger partial charge in [-0.1, -0.05) is 25.4 Å². The third-order valence-electron chi connectivity index (χ3n) is 1.63. The van der Waals surface area contributed by atoms with Gasteiger partial charge in [0.2, 0.25) is 0 Å². The number of carbonyl (C=O) groups is 1. The van der Waals surface area contributed by atoms with E-state index in [2.05, 4.69) is 10.3 Å². The number of nitrogens with one attached hydrogen (secondary N) is 1. The molecule has 76 valence electrons. The van der Waals surface area contributed by atoms with Crippen molar-refractivity contribution in [1.82, 2.24) is 10.3 Å².